The lowest BCUT2D eigenvalue weighted by atomic mass is 10.2. The number of ether oxygens (including phenoxy) is 1. The zero-order chi connectivity index (χ0) is 19.1. The fourth-order valence-corrected chi connectivity index (χ4v) is 2.38. The molecule has 0 unspecified atom stereocenters. The molecule has 0 aliphatic heterocycles. The number of amides is 1. The van der Waals surface area contributed by atoms with E-state index in [1.54, 1.807) is 18.3 Å². The predicted octanol–water partition coefficient (Wildman–Crippen LogP) is 3.80. The third-order valence-electron chi connectivity index (χ3n) is 3.76. The predicted molar refractivity (Wildman–Crippen MR) is 95.1 cm³/mol. The average Bonchev–Trinajstić information content (AvgIpc) is 2.68. The summed E-state index contributed by atoms with van der Waals surface area (Å²) in [4.78, 5) is 20.3. The van der Waals surface area contributed by atoms with Gasteiger partial charge in [-0.1, -0.05) is 12.1 Å². The first-order valence-electron chi connectivity index (χ1n) is 8.35. The fraction of sp³-hybridized carbons (Fsp3) is 0.150. The van der Waals surface area contributed by atoms with Gasteiger partial charge in [0.15, 0.2) is 11.6 Å². The first-order valence-corrected chi connectivity index (χ1v) is 8.35. The van der Waals surface area contributed by atoms with Crippen molar-refractivity contribution < 1.29 is 18.3 Å². The zero-order valence-electron chi connectivity index (χ0n) is 14.4. The summed E-state index contributed by atoms with van der Waals surface area (Å²) in [5.74, 6) is -1.67. The molecule has 1 N–H and O–H groups in total. The molecule has 7 heteroatoms. The van der Waals surface area contributed by atoms with Gasteiger partial charge in [-0.2, -0.15) is 0 Å². The molecule has 0 atom stereocenters. The van der Waals surface area contributed by atoms with Gasteiger partial charge in [0.2, 0.25) is 11.8 Å². The van der Waals surface area contributed by atoms with E-state index < -0.39 is 11.6 Å². The molecular weight excluding hydrogens is 352 g/mol. The second-order valence-electron chi connectivity index (χ2n) is 5.74. The van der Waals surface area contributed by atoms with E-state index in [0.717, 1.165) is 17.8 Å². The number of benzene rings is 1. The Hall–Kier alpha value is -3.35. The molecule has 0 radical (unpaired) electrons. The molecule has 138 valence electrons. The first kappa shape index (κ1) is 18.4. The van der Waals surface area contributed by atoms with Crippen molar-refractivity contribution in [1.29, 1.82) is 0 Å². The van der Waals surface area contributed by atoms with E-state index in [0.29, 0.717) is 18.4 Å². The maximum atomic E-state index is 13.8. The molecule has 0 spiro atoms. The van der Waals surface area contributed by atoms with Crippen molar-refractivity contribution in [2.75, 3.05) is 0 Å². The van der Waals surface area contributed by atoms with Gasteiger partial charge in [0.05, 0.1) is 0 Å². The van der Waals surface area contributed by atoms with Crippen LogP contribution < -0.4 is 10.1 Å². The Bertz CT molecular complexity index is 920. The molecule has 3 aromatic rings. The number of aromatic nitrogens is 2. The summed E-state index contributed by atoms with van der Waals surface area (Å²) < 4.78 is 32.2. The van der Waals surface area contributed by atoms with Crippen LogP contribution in [0.25, 0.3) is 0 Å². The lowest BCUT2D eigenvalue weighted by Crippen LogP contribution is -2.23. The van der Waals surface area contributed by atoms with Crippen molar-refractivity contribution in [3.05, 3.63) is 83.8 Å². The van der Waals surface area contributed by atoms with Crippen LogP contribution in [0.1, 0.15) is 17.7 Å². The van der Waals surface area contributed by atoms with Gasteiger partial charge in [-0.25, -0.2) is 13.8 Å². The lowest BCUT2D eigenvalue weighted by Gasteiger charge is -2.11. The fourth-order valence-electron chi connectivity index (χ4n) is 2.38. The number of halogens is 2. The van der Waals surface area contributed by atoms with E-state index >= 15 is 0 Å². The van der Waals surface area contributed by atoms with Crippen LogP contribution >= 0.6 is 0 Å². The van der Waals surface area contributed by atoms with Gasteiger partial charge >= 0.3 is 0 Å². The Morgan fingerprint density at radius 3 is 2.67 bits per heavy atom. The molecule has 0 saturated heterocycles. The van der Waals surface area contributed by atoms with Crippen LogP contribution in [0.3, 0.4) is 0 Å². The third-order valence-corrected chi connectivity index (χ3v) is 3.76. The highest BCUT2D eigenvalue weighted by Gasteiger charge is 2.11. The second kappa shape index (κ2) is 8.84. The molecule has 0 bridgehead atoms. The minimum Gasteiger partial charge on any atom is -0.436 e. The number of carbonyl (C=O) groups is 1. The SMILES string of the molecule is O=C(CCc1ccccn1)NCc1cccnc1Oc1ccc(F)cc1F. The minimum atomic E-state index is -0.828. The average molecular weight is 369 g/mol. The molecule has 2 aromatic heterocycles. The molecular formula is C20H17F2N3O2. The standard InChI is InChI=1S/C20H17F2N3O2/c21-15-6-8-18(17(22)12-15)27-20-14(4-3-11-24-20)13-25-19(26)9-7-16-5-1-2-10-23-16/h1-6,8,10-12H,7,9,13H2,(H,25,26). The highest BCUT2D eigenvalue weighted by atomic mass is 19.1. The number of rotatable bonds is 7. The van der Waals surface area contributed by atoms with E-state index in [9.17, 15) is 13.6 Å². The van der Waals surface area contributed by atoms with Gasteiger partial charge < -0.3 is 10.1 Å². The minimum absolute atomic E-state index is 0.141. The van der Waals surface area contributed by atoms with E-state index in [1.165, 1.54) is 12.3 Å². The zero-order valence-corrected chi connectivity index (χ0v) is 14.4. The number of carbonyl (C=O) groups excluding carboxylic acids is 1. The van der Waals surface area contributed by atoms with Crippen molar-refractivity contribution in [2.24, 2.45) is 0 Å². The molecule has 0 fully saturated rings. The Morgan fingerprint density at radius 1 is 1.04 bits per heavy atom. The second-order valence-corrected chi connectivity index (χ2v) is 5.74. The normalized spacial score (nSPS) is 10.4. The molecule has 2 heterocycles. The summed E-state index contributed by atoms with van der Waals surface area (Å²) in [7, 11) is 0. The number of nitrogens with one attached hydrogen (secondary N) is 1. The number of hydrogen-bond acceptors (Lipinski definition) is 4. The summed E-state index contributed by atoms with van der Waals surface area (Å²) in [6, 6.07) is 12.0. The Morgan fingerprint density at radius 2 is 1.89 bits per heavy atom. The smallest absolute Gasteiger partial charge is 0.224 e. The monoisotopic (exact) mass is 369 g/mol. The topological polar surface area (TPSA) is 64.1 Å². The van der Waals surface area contributed by atoms with Gasteiger partial charge in [0.1, 0.15) is 5.82 Å². The maximum absolute atomic E-state index is 13.8. The van der Waals surface area contributed by atoms with E-state index in [1.807, 2.05) is 18.2 Å². The van der Waals surface area contributed by atoms with Crippen molar-refractivity contribution in [1.82, 2.24) is 15.3 Å². The van der Waals surface area contributed by atoms with Crippen molar-refractivity contribution in [2.45, 2.75) is 19.4 Å². The van der Waals surface area contributed by atoms with Gasteiger partial charge in [-0.3, -0.25) is 9.78 Å². The molecule has 1 aromatic carbocycles. The van der Waals surface area contributed by atoms with Crippen LogP contribution in [-0.2, 0) is 17.8 Å². The van der Waals surface area contributed by atoms with Gasteiger partial charge in [0, 0.05) is 42.7 Å². The van der Waals surface area contributed by atoms with E-state index in [-0.39, 0.29) is 24.1 Å². The van der Waals surface area contributed by atoms with Gasteiger partial charge in [0.25, 0.3) is 0 Å². The number of nitrogens with zero attached hydrogens (tertiary/aromatic N) is 2. The third kappa shape index (κ3) is 5.31. The molecule has 0 aliphatic rings. The number of aryl methyl sites for hydroxylation is 1. The van der Waals surface area contributed by atoms with Crippen LogP contribution in [0.5, 0.6) is 11.6 Å². The van der Waals surface area contributed by atoms with Crippen LogP contribution in [0.2, 0.25) is 0 Å². The Kier molecular flexibility index (Phi) is 6.04. The van der Waals surface area contributed by atoms with Crippen LogP contribution in [0, 0.1) is 11.6 Å². The molecule has 0 aliphatic carbocycles. The largest absolute Gasteiger partial charge is 0.436 e. The Balaban J connectivity index is 1.59. The Labute approximate surface area is 155 Å². The van der Waals surface area contributed by atoms with Crippen LogP contribution in [0.4, 0.5) is 8.78 Å². The summed E-state index contributed by atoms with van der Waals surface area (Å²) in [5.41, 5.74) is 1.41. The van der Waals surface area contributed by atoms with Crippen molar-refractivity contribution in [3.63, 3.8) is 0 Å². The quantitative estimate of drug-likeness (QED) is 0.688. The van der Waals surface area contributed by atoms with Gasteiger partial charge in [-0.15, -0.1) is 0 Å². The first-order chi connectivity index (χ1) is 13.1. The molecule has 5 nitrogen and oxygen atoms in total. The number of hydrogen-bond donors (Lipinski definition) is 1. The molecule has 3 rings (SSSR count). The molecule has 0 saturated carbocycles. The van der Waals surface area contributed by atoms with Gasteiger partial charge in [-0.05, 0) is 36.8 Å². The molecule has 27 heavy (non-hydrogen) atoms. The van der Waals surface area contributed by atoms with Crippen LogP contribution in [0.15, 0.2) is 60.9 Å². The number of pyridine rings is 2. The lowest BCUT2D eigenvalue weighted by molar-refractivity contribution is -0.121. The summed E-state index contributed by atoms with van der Waals surface area (Å²) in [6.07, 6.45) is 3.99. The summed E-state index contributed by atoms with van der Waals surface area (Å²) in [5, 5.41) is 2.78. The van der Waals surface area contributed by atoms with Crippen molar-refractivity contribution in [3.8, 4) is 11.6 Å². The molecule has 1 amide bonds. The highest BCUT2D eigenvalue weighted by Crippen LogP contribution is 2.26. The van der Waals surface area contributed by atoms with Crippen molar-refractivity contribution >= 4 is 5.91 Å². The van der Waals surface area contributed by atoms with E-state index in [2.05, 4.69) is 15.3 Å². The summed E-state index contributed by atoms with van der Waals surface area (Å²) in [6.45, 7) is 0.174. The maximum Gasteiger partial charge on any atom is 0.224 e. The van der Waals surface area contributed by atoms with E-state index in [4.69, 9.17) is 4.74 Å². The van der Waals surface area contributed by atoms with Crippen LogP contribution in [-0.4, -0.2) is 15.9 Å². The summed E-state index contributed by atoms with van der Waals surface area (Å²) >= 11 is 0. The highest BCUT2D eigenvalue weighted by molar-refractivity contribution is 5.76.